The Bertz CT molecular complexity index is 1130. The molecule has 0 atom stereocenters. The van der Waals surface area contributed by atoms with Gasteiger partial charge in [-0.25, -0.2) is 0 Å². The van der Waals surface area contributed by atoms with Crippen molar-refractivity contribution in [1.29, 1.82) is 0 Å². The summed E-state index contributed by atoms with van der Waals surface area (Å²) in [5.41, 5.74) is 0.884. The van der Waals surface area contributed by atoms with Gasteiger partial charge in [0.2, 0.25) is 0 Å². The van der Waals surface area contributed by atoms with Crippen LogP contribution in [-0.4, -0.2) is 30.4 Å². The Morgan fingerprint density at radius 2 is 1.90 bits per heavy atom. The molecular weight excluding hydrogens is 476 g/mol. The first-order chi connectivity index (χ1) is 14.4. The van der Waals surface area contributed by atoms with Gasteiger partial charge in [0.1, 0.15) is 18.1 Å². The lowest BCUT2D eigenvalue weighted by Gasteiger charge is -2.31. The molecule has 1 aliphatic carbocycles. The van der Waals surface area contributed by atoms with Gasteiger partial charge in [0.25, 0.3) is 0 Å². The minimum atomic E-state index is -0.761. The number of halogens is 2. The van der Waals surface area contributed by atoms with E-state index in [1.165, 1.54) is 6.07 Å². The van der Waals surface area contributed by atoms with Gasteiger partial charge in [-0.15, -0.1) is 0 Å². The molecule has 8 heteroatoms. The van der Waals surface area contributed by atoms with Crippen molar-refractivity contribution in [3.63, 3.8) is 0 Å². The molecule has 0 amide bonds. The van der Waals surface area contributed by atoms with Crippen molar-refractivity contribution in [3.05, 3.63) is 62.2 Å². The summed E-state index contributed by atoms with van der Waals surface area (Å²) in [4.78, 5) is 23.3. The summed E-state index contributed by atoms with van der Waals surface area (Å²) in [6, 6.07) is 12.0. The minimum Gasteiger partial charge on any atom is -0.491 e. The summed E-state index contributed by atoms with van der Waals surface area (Å²) in [6.07, 6.45) is 1.11. The van der Waals surface area contributed by atoms with Crippen LogP contribution < -0.4 is 10.2 Å². The second kappa shape index (κ2) is 8.79. The van der Waals surface area contributed by atoms with Crippen LogP contribution in [0, 0.1) is 5.92 Å². The fraction of sp³-hybridized carbons (Fsp3) is 0.273. The van der Waals surface area contributed by atoms with Crippen molar-refractivity contribution >= 4 is 44.5 Å². The molecule has 0 unspecified atom stereocenters. The molecule has 1 heterocycles. The van der Waals surface area contributed by atoms with Crippen molar-refractivity contribution in [2.75, 3.05) is 13.2 Å². The molecule has 156 valence electrons. The van der Waals surface area contributed by atoms with Crippen LogP contribution in [0.1, 0.15) is 12.8 Å². The van der Waals surface area contributed by atoms with Crippen LogP contribution in [0.5, 0.6) is 5.75 Å². The molecule has 0 saturated heterocycles. The molecule has 1 aliphatic rings. The van der Waals surface area contributed by atoms with Gasteiger partial charge in [0, 0.05) is 16.1 Å². The maximum Gasteiger partial charge on any atom is 0.306 e. The minimum absolute atomic E-state index is 0.000242. The van der Waals surface area contributed by atoms with Crippen LogP contribution in [0.4, 0.5) is 0 Å². The van der Waals surface area contributed by atoms with Gasteiger partial charge in [-0.05, 0) is 65.2 Å². The number of carboxylic acid groups (broad SMARTS) is 1. The number of rotatable bonds is 7. The van der Waals surface area contributed by atoms with Crippen molar-refractivity contribution in [2.45, 2.75) is 18.9 Å². The number of aliphatic carboxylic acids is 1. The standard InChI is InChI=1S/C22H18BrClO6/c23-16-5-6-17(24)21-20(16)18(25)11-19(30-21)12-1-3-14(4-2-12)28-7-8-29-15-9-13(10-15)22(26)27/h1-6,11,13,15H,7-10H2,(H,26,27). The first-order valence-electron chi connectivity index (χ1n) is 9.42. The van der Waals surface area contributed by atoms with E-state index in [-0.39, 0.29) is 17.5 Å². The zero-order chi connectivity index (χ0) is 21.3. The maximum absolute atomic E-state index is 12.5. The Labute approximate surface area is 185 Å². The highest BCUT2D eigenvalue weighted by atomic mass is 79.9. The van der Waals surface area contributed by atoms with Crippen LogP contribution in [0.2, 0.25) is 5.02 Å². The third kappa shape index (κ3) is 4.38. The molecule has 0 aliphatic heterocycles. The fourth-order valence-corrected chi connectivity index (χ4v) is 4.03. The quantitative estimate of drug-likeness (QED) is 0.459. The summed E-state index contributed by atoms with van der Waals surface area (Å²) in [5, 5.41) is 9.63. The highest BCUT2D eigenvalue weighted by molar-refractivity contribution is 9.10. The number of benzene rings is 2. The van der Waals surface area contributed by atoms with Crippen molar-refractivity contribution in [3.8, 4) is 17.1 Å². The van der Waals surface area contributed by atoms with Crippen LogP contribution in [0.15, 0.2) is 56.1 Å². The molecule has 3 aromatic rings. The zero-order valence-electron chi connectivity index (χ0n) is 15.8. The molecule has 30 heavy (non-hydrogen) atoms. The largest absolute Gasteiger partial charge is 0.491 e. The third-order valence-electron chi connectivity index (χ3n) is 5.07. The number of hydrogen-bond donors (Lipinski definition) is 1. The summed E-state index contributed by atoms with van der Waals surface area (Å²) in [7, 11) is 0. The molecule has 2 aromatic carbocycles. The summed E-state index contributed by atoms with van der Waals surface area (Å²) in [6.45, 7) is 0.758. The Balaban J connectivity index is 1.37. The first kappa shape index (κ1) is 20.9. The predicted octanol–water partition coefficient (Wildman–Crippen LogP) is 5.13. The number of fused-ring (bicyclic) bond motifs is 1. The lowest BCUT2D eigenvalue weighted by atomic mass is 9.82. The molecule has 1 fully saturated rings. The molecule has 0 spiro atoms. The summed E-state index contributed by atoms with van der Waals surface area (Å²) >= 11 is 9.56. The highest BCUT2D eigenvalue weighted by Crippen LogP contribution is 2.32. The number of hydrogen-bond acceptors (Lipinski definition) is 5. The second-order valence-electron chi connectivity index (χ2n) is 7.08. The van der Waals surface area contributed by atoms with E-state index >= 15 is 0 Å². The lowest BCUT2D eigenvalue weighted by Crippen LogP contribution is -2.36. The molecule has 1 saturated carbocycles. The molecule has 1 N–H and O–H groups in total. The van der Waals surface area contributed by atoms with Gasteiger partial charge >= 0.3 is 5.97 Å². The molecule has 1 aromatic heterocycles. The summed E-state index contributed by atoms with van der Waals surface area (Å²) < 4.78 is 17.8. The highest BCUT2D eigenvalue weighted by Gasteiger charge is 2.34. The van der Waals surface area contributed by atoms with Crippen LogP contribution >= 0.6 is 27.5 Å². The van der Waals surface area contributed by atoms with Gasteiger partial charge in [-0.1, -0.05) is 11.6 Å². The van der Waals surface area contributed by atoms with Crippen LogP contribution in [-0.2, 0) is 9.53 Å². The lowest BCUT2D eigenvalue weighted by molar-refractivity contribution is -0.151. The van der Waals surface area contributed by atoms with Crippen molar-refractivity contribution in [1.82, 2.24) is 0 Å². The average molecular weight is 494 g/mol. The average Bonchev–Trinajstić information content (AvgIpc) is 2.69. The van der Waals surface area contributed by atoms with E-state index in [1.807, 2.05) is 0 Å². The first-order valence-corrected chi connectivity index (χ1v) is 10.6. The number of ether oxygens (including phenoxy) is 2. The predicted molar refractivity (Wildman–Crippen MR) is 116 cm³/mol. The number of carboxylic acids is 1. The maximum atomic E-state index is 12.5. The van der Waals surface area contributed by atoms with Gasteiger partial charge in [-0.2, -0.15) is 0 Å². The van der Waals surface area contributed by atoms with Crippen molar-refractivity contribution in [2.24, 2.45) is 5.92 Å². The van der Waals surface area contributed by atoms with Gasteiger partial charge in [-0.3, -0.25) is 9.59 Å². The Kier molecular flexibility index (Phi) is 6.13. The zero-order valence-corrected chi connectivity index (χ0v) is 18.1. The molecule has 4 rings (SSSR count). The van der Waals surface area contributed by atoms with Gasteiger partial charge < -0.3 is 19.0 Å². The van der Waals surface area contributed by atoms with E-state index < -0.39 is 5.97 Å². The third-order valence-corrected chi connectivity index (χ3v) is 6.03. The van der Waals surface area contributed by atoms with E-state index in [2.05, 4.69) is 15.9 Å². The van der Waals surface area contributed by atoms with E-state index in [4.69, 9.17) is 30.6 Å². The Morgan fingerprint density at radius 3 is 2.60 bits per heavy atom. The SMILES string of the molecule is O=C(O)C1CC(OCCOc2ccc(-c3cc(=O)c4c(Br)ccc(Cl)c4o3)cc2)C1. The van der Waals surface area contributed by atoms with Gasteiger partial charge in [0.05, 0.1) is 29.0 Å². The van der Waals surface area contributed by atoms with E-state index in [0.29, 0.717) is 58.0 Å². The Morgan fingerprint density at radius 1 is 1.17 bits per heavy atom. The Hall–Kier alpha value is -2.35. The van der Waals surface area contributed by atoms with E-state index in [9.17, 15) is 9.59 Å². The smallest absolute Gasteiger partial charge is 0.306 e. The summed E-state index contributed by atoms with van der Waals surface area (Å²) in [5.74, 6) is 0.0293. The topological polar surface area (TPSA) is 86.0 Å². The van der Waals surface area contributed by atoms with E-state index in [0.717, 1.165) is 5.56 Å². The second-order valence-corrected chi connectivity index (χ2v) is 8.34. The van der Waals surface area contributed by atoms with Crippen LogP contribution in [0.3, 0.4) is 0 Å². The fourth-order valence-electron chi connectivity index (χ4n) is 3.33. The molecule has 0 bridgehead atoms. The molecular formula is C22H18BrClO6. The van der Waals surface area contributed by atoms with Crippen molar-refractivity contribution < 1.29 is 23.8 Å². The molecule has 0 radical (unpaired) electrons. The normalized spacial score (nSPS) is 18.2. The monoisotopic (exact) mass is 492 g/mol. The van der Waals surface area contributed by atoms with E-state index in [1.54, 1.807) is 36.4 Å². The molecule has 6 nitrogen and oxygen atoms in total. The number of carbonyl (C=O) groups is 1. The van der Waals surface area contributed by atoms with Gasteiger partial charge in [0.15, 0.2) is 11.0 Å². The van der Waals surface area contributed by atoms with Crippen LogP contribution in [0.25, 0.3) is 22.3 Å².